The van der Waals surface area contributed by atoms with Gasteiger partial charge in [0.05, 0.1) is 26.3 Å². The molecule has 0 bridgehead atoms. The Balaban J connectivity index is 2.39. The monoisotopic (exact) mass is 364 g/mol. The van der Waals surface area contributed by atoms with E-state index in [2.05, 4.69) is 9.98 Å². The Kier molecular flexibility index (Phi) is 4.18. The Hall–Kier alpha value is -3.16. The van der Waals surface area contributed by atoms with Crippen LogP contribution in [0.1, 0.15) is 0 Å². The third-order valence-corrected chi connectivity index (χ3v) is 4.61. The van der Waals surface area contributed by atoms with Gasteiger partial charge < -0.3 is 15.3 Å². The van der Waals surface area contributed by atoms with Crippen molar-refractivity contribution in [2.24, 2.45) is 9.98 Å². The molecule has 0 spiro atoms. The fourth-order valence-corrected chi connectivity index (χ4v) is 3.61. The molecule has 0 aliphatic heterocycles. The number of phenols is 1. The van der Waals surface area contributed by atoms with Gasteiger partial charge in [0.25, 0.3) is 0 Å². The summed E-state index contributed by atoms with van der Waals surface area (Å²) < 4.78 is 0. The highest BCUT2D eigenvalue weighted by Gasteiger charge is 2.23. The van der Waals surface area contributed by atoms with Crippen LogP contribution in [0.5, 0.6) is 5.75 Å². The molecule has 0 aromatic heterocycles. The maximum absolute atomic E-state index is 13.0. The standard InChI is InChI=1S/C20H16N2O5/c23-6-4-21-17-11-2-1-3-12-15(11)16-13(18(19(12)26)22-5-7-24)8-10(25)9-14(16)20(17)27/h1-3,8-9,23-25H,4-7H2. The topological polar surface area (TPSA) is 120 Å². The number of aliphatic hydroxyl groups is 2. The molecule has 136 valence electrons. The van der Waals surface area contributed by atoms with Crippen LogP contribution in [0, 0.1) is 0 Å². The van der Waals surface area contributed by atoms with Crippen LogP contribution in [0.4, 0.5) is 0 Å². The van der Waals surface area contributed by atoms with Gasteiger partial charge in [-0.05, 0) is 12.1 Å². The molecule has 27 heavy (non-hydrogen) atoms. The minimum Gasteiger partial charge on any atom is -0.508 e. The van der Waals surface area contributed by atoms with Gasteiger partial charge in [0.15, 0.2) is 0 Å². The molecule has 0 fully saturated rings. The van der Waals surface area contributed by atoms with Crippen molar-refractivity contribution >= 4 is 21.5 Å². The first-order valence-electron chi connectivity index (χ1n) is 8.49. The number of nitrogens with zero attached hydrogens (tertiary/aromatic N) is 2. The average Bonchev–Trinajstić information content (AvgIpc) is 2.66. The van der Waals surface area contributed by atoms with Gasteiger partial charge in [-0.3, -0.25) is 19.6 Å². The van der Waals surface area contributed by atoms with Crippen LogP contribution in [-0.4, -0.2) is 41.6 Å². The molecule has 0 saturated heterocycles. The summed E-state index contributed by atoms with van der Waals surface area (Å²) in [5.41, 5.74) is 0.422. The molecule has 0 heterocycles. The molecule has 0 amide bonds. The maximum atomic E-state index is 13.0. The number of benzene rings is 4. The van der Waals surface area contributed by atoms with Crippen molar-refractivity contribution in [3.05, 3.63) is 61.5 Å². The highest BCUT2D eigenvalue weighted by molar-refractivity contribution is 6.11. The van der Waals surface area contributed by atoms with E-state index in [-0.39, 0.29) is 59.0 Å². The summed E-state index contributed by atoms with van der Waals surface area (Å²) >= 11 is 0. The molecule has 0 saturated carbocycles. The molecule has 4 rings (SSSR count). The second-order valence-electron chi connectivity index (χ2n) is 6.21. The van der Waals surface area contributed by atoms with Gasteiger partial charge in [0, 0.05) is 32.7 Å². The van der Waals surface area contributed by atoms with Gasteiger partial charge >= 0.3 is 0 Å². The first kappa shape index (κ1) is 17.3. The predicted octanol–water partition coefficient (Wildman–Crippen LogP) is -0.377. The summed E-state index contributed by atoms with van der Waals surface area (Å²) in [4.78, 5) is 34.5. The third-order valence-electron chi connectivity index (χ3n) is 4.61. The van der Waals surface area contributed by atoms with Gasteiger partial charge in [0.2, 0.25) is 10.9 Å². The highest BCUT2D eigenvalue weighted by Crippen LogP contribution is 2.35. The number of hydrogen-bond donors (Lipinski definition) is 3. The second kappa shape index (κ2) is 6.53. The van der Waals surface area contributed by atoms with Crippen molar-refractivity contribution in [3.63, 3.8) is 0 Å². The van der Waals surface area contributed by atoms with Gasteiger partial charge in [0.1, 0.15) is 16.5 Å². The maximum Gasteiger partial charge on any atom is 0.212 e. The van der Waals surface area contributed by atoms with Gasteiger partial charge in [-0.25, -0.2) is 0 Å². The lowest BCUT2D eigenvalue weighted by Crippen LogP contribution is -2.33. The highest BCUT2D eigenvalue weighted by atomic mass is 16.3. The van der Waals surface area contributed by atoms with Crippen LogP contribution in [0.15, 0.2) is 49.9 Å². The SMILES string of the molecule is O=c1c(=NCCO)c2cccc3c2-c2c1cc(O)cc2c(=NCCO)c3=O. The van der Waals surface area contributed by atoms with Crippen LogP contribution in [0.25, 0.3) is 32.7 Å². The molecule has 2 aliphatic carbocycles. The Morgan fingerprint density at radius 2 is 1.26 bits per heavy atom. The number of hydrogen-bond acceptors (Lipinski definition) is 7. The molecule has 0 radical (unpaired) electrons. The molecular formula is C20H16N2O5. The first-order valence-corrected chi connectivity index (χ1v) is 8.49. The fourth-order valence-electron chi connectivity index (χ4n) is 3.61. The molecule has 3 N–H and O–H groups in total. The minimum atomic E-state index is -0.379. The Bertz CT molecular complexity index is 1350. The molecule has 2 aromatic carbocycles. The lowest BCUT2D eigenvalue weighted by molar-refractivity contribution is 0.305. The molecule has 7 nitrogen and oxygen atoms in total. The van der Waals surface area contributed by atoms with E-state index < -0.39 is 0 Å². The van der Waals surface area contributed by atoms with E-state index in [0.29, 0.717) is 27.3 Å². The Labute approximate surface area is 152 Å². The Morgan fingerprint density at radius 3 is 1.93 bits per heavy atom. The third kappa shape index (κ3) is 2.51. The quantitative estimate of drug-likeness (QED) is 0.427. The largest absolute Gasteiger partial charge is 0.508 e. The molecule has 0 atom stereocenters. The first-order chi connectivity index (χ1) is 13.1. The van der Waals surface area contributed by atoms with Gasteiger partial charge in [-0.1, -0.05) is 18.2 Å². The van der Waals surface area contributed by atoms with Crippen molar-refractivity contribution < 1.29 is 15.3 Å². The lowest BCUT2D eigenvalue weighted by Gasteiger charge is -2.16. The van der Waals surface area contributed by atoms with E-state index in [9.17, 15) is 14.7 Å². The lowest BCUT2D eigenvalue weighted by atomic mass is 9.86. The van der Waals surface area contributed by atoms with E-state index in [0.717, 1.165) is 0 Å². The zero-order valence-electron chi connectivity index (χ0n) is 14.3. The normalized spacial score (nSPS) is 13.6. The zero-order chi connectivity index (χ0) is 19.1. The van der Waals surface area contributed by atoms with Crippen molar-refractivity contribution in [1.82, 2.24) is 0 Å². The van der Waals surface area contributed by atoms with Gasteiger partial charge in [-0.2, -0.15) is 0 Å². The van der Waals surface area contributed by atoms with E-state index in [1.807, 2.05) is 0 Å². The van der Waals surface area contributed by atoms with Crippen molar-refractivity contribution in [2.75, 3.05) is 26.3 Å². The predicted molar refractivity (Wildman–Crippen MR) is 101 cm³/mol. The molecule has 0 unspecified atom stereocenters. The van der Waals surface area contributed by atoms with Crippen LogP contribution in [0.3, 0.4) is 0 Å². The van der Waals surface area contributed by atoms with Crippen LogP contribution in [0.2, 0.25) is 0 Å². The number of rotatable bonds is 4. The molecule has 2 aliphatic rings. The Morgan fingerprint density at radius 1 is 0.741 bits per heavy atom. The second-order valence-corrected chi connectivity index (χ2v) is 6.21. The summed E-state index contributed by atoms with van der Waals surface area (Å²) in [6.07, 6.45) is 0. The summed E-state index contributed by atoms with van der Waals surface area (Å²) in [5.74, 6) is -0.161. The summed E-state index contributed by atoms with van der Waals surface area (Å²) in [6.45, 7) is -0.330. The number of aromatic hydroxyl groups is 1. The van der Waals surface area contributed by atoms with E-state index in [4.69, 9.17) is 10.2 Å². The minimum absolute atomic E-state index is 0.0394. The van der Waals surface area contributed by atoms with Gasteiger partial charge in [-0.15, -0.1) is 0 Å². The molecular weight excluding hydrogens is 348 g/mol. The summed E-state index contributed by atoms with van der Waals surface area (Å²) in [6, 6.07) is 7.82. The van der Waals surface area contributed by atoms with Crippen LogP contribution in [-0.2, 0) is 0 Å². The average molecular weight is 364 g/mol. The van der Waals surface area contributed by atoms with Crippen molar-refractivity contribution in [1.29, 1.82) is 0 Å². The smallest absolute Gasteiger partial charge is 0.212 e. The van der Waals surface area contributed by atoms with Crippen LogP contribution >= 0.6 is 0 Å². The molecule has 7 heteroatoms. The summed E-state index contributed by atoms with van der Waals surface area (Å²) in [5, 5.41) is 30.1. The summed E-state index contributed by atoms with van der Waals surface area (Å²) in [7, 11) is 0. The van der Waals surface area contributed by atoms with E-state index >= 15 is 0 Å². The van der Waals surface area contributed by atoms with Crippen molar-refractivity contribution in [2.45, 2.75) is 0 Å². The van der Waals surface area contributed by atoms with E-state index in [1.165, 1.54) is 12.1 Å². The molecule has 2 aromatic rings. The van der Waals surface area contributed by atoms with Crippen LogP contribution < -0.4 is 21.6 Å². The zero-order valence-corrected chi connectivity index (χ0v) is 14.3. The fraction of sp³-hybridized carbons (Fsp3) is 0.200. The van der Waals surface area contributed by atoms with Crippen molar-refractivity contribution in [3.8, 4) is 16.9 Å². The van der Waals surface area contributed by atoms with E-state index in [1.54, 1.807) is 18.2 Å². The number of aliphatic hydroxyl groups excluding tert-OH is 2. The number of phenolic OH excluding ortho intramolecular Hbond substituents is 1.